The van der Waals surface area contributed by atoms with Gasteiger partial charge in [0.05, 0.1) is 12.2 Å². The lowest BCUT2D eigenvalue weighted by molar-refractivity contribution is -0.0360. The van der Waals surface area contributed by atoms with E-state index in [0.29, 0.717) is 25.0 Å². The summed E-state index contributed by atoms with van der Waals surface area (Å²) >= 11 is 0. The SMILES string of the molecule is CCOC(=O)c1ccc(NC2CCC(F)(F)CC2)c(C)c1. The van der Waals surface area contributed by atoms with Crippen molar-refractivity contribution >= 4 is 11.7 Å². The standard InChI is InChI=1S/C16H21F2NO2/c1-3-21-15(20)12-4-5-14(11(2)10-12)19-13-6-8-16(17,18)9-7-13/h4-5,10,13,19H,3,6-9H2,1-2H3. The van der Waals surface area contributed by atoms with E-state index in [0.717, 1.165) is 11.3 Å². The average Bonchev–Trinajstić information content (AvgIpc) is 2.43. The second kappa shape index (κ2) is 6.41. The maximum Gasteiger partial charge on any atom is 0.338 e. The monoisotopic (exact) mass is 297 g/mol. The molecule has 1 aromatic carbocycles. The first-order valence-corrected chi connectivity index (χ1v) is 7.33. The van der Waals surface area contributed by atoms with Gasteiger partial charge in [0.25, 0.3) is 0 Å². The molecule has 1 aliphatic rings. The van der Waals surface area contributed by atoms with Crippen LogP contribution in [0.5, 0.6) is 0 Å². The fourth-order valence-corrected chi connectivity index (χ4v) is 2.57. The van der Waals surface area contributed by atoms with E-state index in [-0.39, 0.29) is 24.9 Å². The lowest BCUT2D eigenvalue weighted by Gasteiger charge is -2.30. The highest BCUT2D eigenvalue weighted by Crippen LogP contribution is 2.34. The third-order valence-corrected chi connectivity index (χ3v) is 3.81. The molecule has 1 saturated carbocycles. The Hall–Kier alpha value is -1.65. The number of esters is 1. The molecule has 0 radical (unpaired) electrons. The van der Waals surface area contributed by atoms with E-state index < -0.39 is 5.92 Å². The molecule has 0 aromatic heterocycles. The Morgan fingerprint density at radius 3 is 2.62 bits per heavy atom. The lowest BCUT2D eigenvalue weighted by atomic mass is 9.92. The maximum atomic E-state index is 13.1. The Bertz CT molecular complexity index is 507. The summed E-state index contributed by atoms with van der Waals surface area (Å²) in [6, 6.07) is 5.34. The fourth-order valence-electron chi connectivity index (χ4n) is 2.57. The normalized spacial score (nSPS) is 18.3. The van der Waals surface area contributed by atoms with E-state index in [2.05, 4.69) is 5.32 Å². The van der Waals surface area contributed by atoms with Gasteiger partial charge in [-0.3, -0.25) is 0 Å². The van der Waals surface area contributed by atoms with Crippen molar-refractivity contribution < 1.29 is 18.3 Å². The largest absolute Gasteiger partial charge is 0.462 e. The highest BCUT2D eigenvalue weighted by molar-refractivity contribution is 5.90. The summed E-state index contributed by atoms with van der Waals surface area (Å²) in [6.07, 6.45) is 0.799. The molecule has 0 atom stereocenters. The molecule has 0 saturated heterocycles. The van der Waals surface area contributed by atoms with E-state index in [9.17, 15) is 13.6 Å². The molecular formula is C16H21F2NO2. The van der Waals surface area contributed by atoms with Crippen LogP contribution in [-0.4, -0.2) is 24.5 Å². The van der Waals surface area contributed by atoms with E-state index in [4.69, 9.17) is 4.74 Å². The minimum atomic E-state index is -2.51. The van der Waals surface area contributed by atoms with Gasteiger partial charge in [0.1, 0.15) is 0 Å². The molecule has 0 unspecified atom stereocenters. The molecule has 3 nitrogen and oxygen atoms in total. The van der Waals surface area contributed by atoms with Gasteiger partial charge in [-0.25, -0.2) is 13.6 Å². The van der Waals surface area contributed by atoms with Crippen LogP contribution in [-0.2, 0) is 4.74 Å². The number of carbonyl (C=O) groups excluding carboxylic acids is 1. The highest BCUT2D eigenvalue weighted by atomic mass is 19.3. The molecule has 116 valence electrons. The van der Waals surface area contributed by atoms with Gasteiger partial charge in [0.15, 0.2) is 0 Å². The minimum absolute atomic E-state index is 0.0649. The van der Waals surface area contributed by atoms with Crippen LogP contribution in [0, 0.1) is 6.92 Å². The molecule has 1 aliphatic carbocycles. The summed E-state index contributed by atoms with van der Waals surface area (Å²) in [5.74, 6) is -2.86. The molecule has 0 aliphatic heterocycles. The van der Waals surface area contributed by atoms with Crippen molar-refractivity contribution in [1.82, 2.24) is 0 Å². The van der Waals surface area contributed by atoms with E-state index >= 15 is 0 Å². The van der Waals surface area contributed by atoms with Crippen LogP contribution in [0.25, 0.3) is 0 Å². The van der Waals surface area contributed by atoms with Gasteiger partial charge < -0.3 is 10.1 Å². The number of rotatable bonds is 4. The van der Waals surface area contributed by atoms with Crippen molar-refractivity contribution in [2.24, 2.45) is 0 Å². The molecule has 0 amide bonds. The number of hydrogen-bond acceptors (Lipinski definition) is 3. The van der Waals surface area contributed by atoms with Gasteiger partial charge in [0.2, 0.25) is 5.92 Å². The number of carbonyl (C=O) groups is 1. The van der Waals surface area contributed by atoms with E-state index in [1.807, 2.05) is 13.0 Å². The van der Waals surface area contributed by atoms with Crippen molar-refractivity contribution in [3.63, 3.8) is 0 Å². The van der Waals surface area contributed by atoms with Gasteiger partial charge in [-0.05, 0) is 50.5 Å². The molecule has 0 spiro atoms. The molecule has 1 fully saturated rings. The van der Waals surface area contributed by atoms with Gasteiger partial charge in [0, 0.05) is 24.6 Å². The quantitative estimate of drug-likeness (QED) is 0.848. The number of nitrogens with one attached hydrogen (secondary N) is 1. The van der Waals surface area contributed by atoms with Crippen molar-refractivity contribution in [3.05, 3.63) is 29.3 Å². The van der Waals surface area contributed by atoms with E-state index in [1.165, 1.54) is 0 Å². The summed E-state index contributed by atoms with van der Waals surface area (Å²) in [5, 5.41) is 3.30. The van der Waals surface area contributed by atoms with Crippen LogP contribution in [0.2, 0.25) is 0 Å². The van der Waals surface area contributed by atoms with Crippen LogP contribution in [0.15, 0.2) is 18.2 Å². The number of ether oxygens (including phenoxy) is 1. The first-order valence-electron chi connectivity index (χ1n) is 7.33. The summed E-state index contributed by atoms with van der Waals surface area (Å²) < 4.78 is 31.2. The minimum Gasteiger partial charge on any atom is -0.462 e. The van der Waals surface area contributed by atoms with Gasteiger partial charge in [-0.15, -0.1) is 0 Å². The lowest BCUT2D eigenvalue weighted by Crippen LogP contribution is -2.32. The Morgan fingerprint density at radius 2 is 2.05 bits per heavy atom. The Labute approximate surface area is 123 Å². The fraction of sp³-hybridized carbons (Fsp3) is 0.562. The van der Waals surface area contributed by atoms with Crippen molar-refractivity contribution in [1.29, 1.82) is 0 Å². The molecule has 5 heteroatoms. The summed E-state index contributed by atoms with van der Waals surface area (Å²) in [7, 11) is 0. The molecule has 21 heavy (non-hydrogen) atoms. The Morgan fingerprint density at radius 1 is 1.38 bits per heavy atom. The molecule has 1 N–H and O–H groups in total. The zero-order valence-corrected chi connectivity index (χ0v) is 12.4. The molecule has 1 aromatic rings. The van der Waals surface area contributed by atoms with Crippen LogP contribution < -0.4 is 5.32 Å². The molecular weight excluding hydrogens is 276 g/mol. The number of halogens is 2. The highest BCUT2D eigenvalue weighted by Gasteiger charge is 2.34. The van der Waals surface area contributed by atoms with Crippen molar-refractivity contribution in [2.75, 3.05) is 11.9 Å². The summed E-state index contributed by atoms with van der Waals surface area (Å²) in [5.41, 5.74) is 2.31. The van der Waals surface area contributed by atoms with Crippen LogP contribution in [0.4, 0.5) is 14.5 Å². The van der Waals surface area contributed by atoms with Crippen LogP contribution >= 0.6 is 0 Å². The average molecular weight is 297 g/mol. The molecule has 2 rings (SSSR count). The topological polar surface area (TPSA) is 38.3 Å². The van der Waals surface area contributed by atoms with Gasteiger partial charge >= 0.3 is 5.97 Å². The zero-order valence-electron chi connectivity index (χ0n) is 12.4. The first-order chi connectivity index (χ1) is 9.91. The van der Waals surface area contributed by atoms with Crippen molar-refractivity contribution in [3.8, 4) is 0 Å². The zero-order chi connectivity index (χ0) is 15.5. The Balaban J connectivity index is 2.00. The van der Waals surface area contributed by atoms with Gasteiger partial charge in [-0.1, -0.05) is 0 Å². The molecule has 0 bridgehead atoms. The van der Waals surface area contributed by atoms with Crippen LogP contribution in [0.1, 0.15) is 48.5 Å². The van der Waals surface area contributed by atoms with Crippen LogP contribution in [0.3, 0.4) is 0 Å². The first kappa shape index (κ1) is 15.7. The number of anilines is 1. The second-order valence-corrected chi connectivity index (χ2v) is 5.52. The van der Waals surface area contributed by atoms with Gasteiger partial charge in [-0.2, -0.15) is 0 Å². The molecule has 0 heterocycles. The summed E-state index contributed by atoms with van der Waals surface area (Å²) in [6.45, 7) is 4.00. The predicted molar refractivity (Wildman–Crippen MR) is 78.0 cm³/mol. The second-order valence-electron chi connectivity index (χ2n) is 5.52. The number of benzene rings is 1. The third kappa shape index (κ3) is 4.16. The summed E-state index contributed by atoms with van der Waals surface area (Å²) in [4.78, 5) is 11.6. The smallest absolute Gasteiger partial charge is 0.338 e. The number of hydrogen-bond donors (Lipinski definition) is 1. The van der Waals surface area contributed by atoms with E-state index in [1.54, 1.807) is 19.1 Å². The predicted octanol–water partition coefficient (Wildman–Crippen LogP) is 4.16. The maximum absolute atomic E-state index is 13.1. The number of aryl methyl sites for hydroxylation is 1. The Kier molecular flexibility index (Phi) is 4.80. The number of alkyl halides is 2. The van der Waals surface area contributed by atoms with Crippen molar-refractivity contribution in [2.45, 2.75) is 51.5 Å². The third-order valence-electron chi connectivity index (χ3n) is 3.81.